The zero-order valence-electron chi connectivity index (χ0n) is 10.1. The number of hydrogen-bond donors (Lipinski definition) is 1. The zero-order chi connectivity index (χ0) is 13.5. The Morgan fingerprint density at radius 3 is 2.89 bits per heavy atom. The van der Waals surface area contributed by atoms with Crippen LogP contribution >= 0.6 is 0 Å². The Hall–Kier alpha value is -1.75. The highest BCUT2D eigenvalue weighted by molar-refractivity contribution is 5.77. The summed E-state index contributed by atoms with van der Waals surface area (Å²) in [5, 5.41) is 2.74. The van der Waals surface area contributed by atoms with Crippen molar-refractivity contribution in [3.63, 3.8) is 0 Å². The van der Waals surface area contributed by atoms with Crippen LogP contribution in [0, 0.1) is 11.6 Å². The predicted molar refractivity (Wildman–Crippen MR) is 63.9 cm³/mol. The van der Waals surface area contributed by atoms with Gasteiger partial charge in [-0.1, -0.05) is 6.08 Å². The summed E-state index contributed by atoms with van der Waals surface area (Å²) in [6.45, 7) is 5.58. The van der Waals surface area contributed by atoms with Crippen molar-refractivity contribution < 1.29 is 18.3 Å². The highest BCUT2D eigenvalue weighted by Crippen LogP contribution is 2.19. The average molecular weight is 255 g/mol. The van der Waals surface area contributed by atoms with E-state index >= 15 is 0 Å². The molecule has 1 N–H and O–H groups in total. The zero-order valence-corrected chi connectivity index (χ0v) is 10.1. The first-order valence-electron chi connectivity index (χ1n) is 5.56. The van der Waals surface area contributed by atoms with Crippen LogP contribution in [0.3, 0.4) is 0 Å². The number of halogens is 2. The molecule has 98 valence electrons. The quantitative estimate of drug-likeness (QED) is 0.626. The molecule has 1 atom stereocenters. The maximum Gasteiger partial charge on any atom is 0.327 e. The minimum Gasteiger partial charge on any atom is -0.465 e. The van der Waals surface area contributed by atoms with Crippen molar-refractivity contribution in [3.8, 4) is 0 Å². The van der Waals surface area contributed by atoms with Crippen LogP contribution in [0.4, 0.5) is 8.78 Å². The molecule has 0 aliphatic carbocycles. The van der Waals surface area contributed by atoms with E-state index in [0.29, 0.717) is 0 Å². The van der Waals surface area contributed by atoms with E-state index in [9.17, 15) is 13.6 Å². The minimum atomic E-state index is -1.04. The van der Waals surface area contributed by atoms with E-state index in [2.05, 4.69) is 11.9 Å². The summed E-state index contributed by atoms with van der Waals surface area (Å²) in [5.41, 5.74) is -0.0738. The molecule has 5 heteroatoms. The number of carbonyl (C=O) groups is 1. The third kappa shape index (κ3) is 3.63. The van der Waals surface area contributed by atoms with E-state index < -0.39 is 23.6 Å². The predicted octanol–water partition coefficient (Wildman–Crippen LogP) is 2.34. The molecule has 0 saturated heterocycles. The van der Waals surface area contributed by atoms with Gasteiger partial charge in [-0.25, -0.2) is 13.6 Å². The number of esters is 1. The molecule has 1 unspecified atom stereocenters. The lowest BCUT2D eigenvalue weighted by Crippen LogP contribution is -2.31. The Bertz CT molecular complexity index is 435. The van der Waals surface area contributed by atoms with E-state index in [1.807, 2.05) is 0 Å². The summed E-state index contributed by atoms with van der Waals surface area (Å²) in [7, 11) is 0. The van der Waals surface area contributed by atoms with E-state index in [1.165, 1.54) is 6.08 Å². The SMILES string of the molecule is C=CCNC(C(=O)OCC)c1cc(F)ccc1F. The number of rotatable bonds is 6. The van der Waals surface area contributed by atoms with Gasteiger partial charge in [0.05, 0.1) is 6.61 Å². The monoisotopic (exact) mass is 255 g/mol. The van der Waals surface area contributed by atoms with E-state index in [-0.39, 0.29) is 18.7 Å². The van der Waals surface area contributed by atoms with Gasteiger partial charge in [-0.05, 0) is 25.1 Å². The van der Waals surface area contributed by atoms with Crippen LogP contribution in [0.1, 0.15) is 18.5 Å². The first-order chi connectivity index (χ1) is 8.60. The fourth-order valence-electron chi connectivity index (χ4n) is 1.48. The molecule has 3 nitrogen and oxygen atoms in total. The van der Waals surface area contributed by atoms with Crippen molar-refractivity contribution in [2.75, 3.05) is 13.2 Å². The highest BCUT2D eigenvalue weighted by atomic mass is 19.1. The number of hydrogen-bond acceptors (Lipinski definition) is 3. The number of benzene rings is 1. The molecule has 0 aromatic heterocycles. The number of carbonyl (C=O) groups excluding carboxylic acids is 1. The second-order valence-electron chi connectivity index (χ2n) is 3.55. The Kier molecular flexibility index (Phi) is 5.45. The topological polar surface area (TPSA) is 38.3 Å². The van der Waals surface area contributed by atoms with Crippen molar-refractivity contribution in [2.24, 2.45) is 0 Å². The lowest BCUT2D eigenvalue weighted by Gasteiger charge is -2.17. The fourth-order valence-corrected chi connectivity index (χ4v) is 1.48. The van der Waals surface area contributed by atoms with Crippen molar-refractivity contribution in [1.82, 2.24) is 5.32 Å². The van der Waals surface area contributed by atoms with E-state index in [4.69, 9.17) is 4.74 Å². The molecule has 0 aliphatic heterocycles. The summed E-state index contributed by atoms with van der Waals surface area (Å²) >= 11 is 0. The third-order valence-electron chi connectivity index (χ3n) is 2.26. The maximum absolute atomic E-state index is 13.6. The van der Waals surface area contributed by atoms with Crippen molar-refractivity contribution >= 4 is 5.97 Å². The maximum atomic E-state index is 13.6. The molecule has 18 heavy (non-hydrogen) atoms. The minimum absolute atomic E-state index is 0.0738. The van der Waals surface area contributed by atoms with Crippen molar-refractivity contribution in [1.29, 1.82) is 0 Å². The Morgan fingerprint density at radius 2 is 2.28 bits per heavy atom. The van der Waals surface area contributed by atoms with Gasteiger partial charge in [0.1, 0.15) is 17.7 Å². The lowest BCUT2D eigenvalue weighted by atomic mass is 10.1. The normalized spacial score (nSPS) is 11.9. The summed E-state index contributed by atoms with van der Waals surface area (Å²) < 4.78 is 31.5. The van der Waals surface area contributed by atoms with Gasteiger partial charge in [0.2, 0.25) is 0 Å². The van der Waals surface area contributed by atoms with Crippen LogP contribution in [0.2, 0.25) is 0 Å². The Morgan fingerprint density at radius 1 is 1.56 bits per heavy atom. The average Bonchev–Trinajstić information content (AvgIpc) is 2.34. The third-order valence-corrected chi connectivity index (χ3v) is 2.26. The molecule has 0 spiro atoms. The molecule has 0 aliphatic rings. The van der Waals surface area contributed by atoms with Gasteiger partial charge >= 0.3 is 5.97 Å². The molecule has 0 radical (unpaired) electrons. The number of nitrogens with one attached hydrogen (secondary N) is 1. The lowest BCUT2D eigenvalue weighted by molar-refractivity contribution is -0.145. The van der Waals surface area contributed by atoms with Gasteiger partial charge < -0.3 is 4.74 Å². The molecule has 0 bridgehead atoms. The first-order valence-corrected chi connectivity index (χ1v) is 5.56. The van der Waals surface area contributed by atoms with Crippen LogP contribution in [0.15, 0.2) is 30.9 Å². The van der Waals surface area contributed by atoms with Gasteiger partial charge in [-0.15, -0.1) is 6.58 Å². The van der Waals surface area contributed by atoms with Gasteiger partial charge in [-0.2, -0.15) is 0 Å². The van der Waals surface area contributed by atoms with Crippen molar-refractivity contribution in [3.05, 3.63) is 48.1 Å². The van der Waals surface area contributed by atoms with Gasteiger partial charge in [0.25, 0.3) is 0 Å². The van der Waals surface area contributed by atoms with Gasteiger partial charge in [0.15, 0.2) is 0 Å². The summed E-state index contributed by atoms with van der Waals surface area (Å²) in [6.07, 6.45) is 1.52. The second kappa shape index (κ2) is 6.86. The molecule has 1 aromatic carbocycles. The van der Waals surface area contributed by atoms with Crippen LogP contribution in [0.5, 0.6) is 0 Å². The molecular formula is C13H15F2NO2. The smallest absolute Gasteiger partial charge is 0.327 e. The summed E-state index contributed by atoms with van der Waals surface area (Å²) in [5.74, 6) is -1.92. The van der Waals surface area contributed by atoms with E-state index in [1.54, 1.807) is 6.92 Å². The molecule has 0 heterocycles. The molecule has 0 saturated carbocycles. The van der Waals surface area contributed by atoms with Crippen molar-refractivity contribution in [2.45, 2.75) is 13.0 Å². The second-order valence-corrected chi connectivity index (χ2v) is 3.55. The van der Waals surface area contributed by atoms with Crippen LogP contribution in [-0.4, -0.2) is 19.1 Å². The van der Waals surface area contributed by atoms with E-state index in [0.717, 1.165) is 18.2 Å². The van der Waals surface area contributed by atoms with Gasteiger partial charge in [0, 0.05) is 12.1 Å². The largest absolute Gasteiger partial charge is 0.465 e. The molecule has 0 amide bonds. The Labute approximate surface area is 104 Å². The van der Waals surface area contributed by atoms with Crippen LogP contribution in [0.25, 0.3) is 0 Å². The molecular weight excluding hydrogens is 240 g/mol. The number of ether oxygens (including phenoxy) is 1. The molecule has 1 aromatic rings. The van der Waals surface area contributed by atoms with Gasteiger partial charge in [-0.3, -0.25) is 5.32 Å². The molecule has 1 rings (SSSR count). The standard InChI is InChI=1S/C13H15F2NO2/c1-3-7-16-12(13(17)18-4-2)10-8-9(14)5-6-11(10)15/h3,5-6,8,12,16H,1,4,7H2,2H3. The summed E-state index contributed by atoms with van der Waals surface area (Å²) in [6, 6.07) is 1.91. The summed E-state index contributed by atoms with van der Waals surface area (Å²) in [4.78, 5) is 11.7. The highest BCUT2D eigenvalue weighted by Gasteiger charge is 2.24. The first kappa shape index (κ1) is 14.3. The van der Waals surface area contributed by atoms with Crippen LogP contribution < -0.4 is 5.32 Å². The fraction of sp³-hybridized carbons (Fsp3) is 0.308. The van der Waals surface area contributed by atoms with Crippen LogP contribution in [-0.2, 0) is 9.53 Å². The Balaban J connectivity index is 3.03. The molecule has 0 fully saturated rings.